The molecule has 1 saturated heterocycles. The Balaban J connectivity index is 1.28. The van der Waals surface area contributed by atoms with E-state index >= 15 is 0 Å². The maximum Gasteiger partial charge on any atom is 0.220 e. The van der Waals surface area contributed by atoms with Crippen LogP contribution in [0.2, 0.25) is 0 Å². The van der Waals surface area contributed by atoms with Gasteiger partial charge in [-0.15, -0.1) is 0 Å². The maximum atomic E-state index is 12.7. The van der Waals surface area contributed by atoms with Crippen molar-refractivity contribution in [3.8, 4) is 11.5 Å². The molecule has 1 aromatic heterocycles. The fourth-order valence-electron chi connectivity index (χ4n) is 4.30. The zero-order valence-electron chi connectivity index (χ0n) is 19.0. The van der Waals surface area contributed by atoms with Gasteiger partial charge in [0.1, 0.15) is 18.1 Å². The lowest BCUT2D eigenvalue weighted by molar-refractivity contribution is -0.122. The molecule has 1 aliphatic rings. The summed E-state index contributed by atoms with van der Waals surface area (Å²) in [6.07, 6.45) is 2.24. The van der Waals surface area contributed by atoms with Crippen molar-refractivity contribution in [1.29, 1.82) is 0 Å². The Morgan fingerprint density at radius 1 is 1.15 bits per heavy atom. The molecule has 2 aromatic carbocycles. The van der Waals surface area contributed by atoms with Gasteiger partial charge in [-0.2, -0.15) is 0 Å². The van der Waals surface area contributed by atoms with Gasteiger partial charge in [0.15, 0.2) is 5.76 Å². The summed E-state index contributed by atoms with van der Waals surface area (Å²) in [5.74, 6) is 2.97. The minimum atomic E-state index is 0.0647. The molecule has 2 N–H and O–H groups in total. The van der Waals surface area contributed by atoms with Crippen LogP contribution < -0.4 is 20.1 Å². The van der Waals surface area contributed by atoms with Crippen LogP contribution >= 0.6 is 0 Å². The Morgan fingerprint density at radius 2 is 1.97 bits per heavy atom. The van der Waals surface area contributed by atoms with Crippen LogP contribution in [0.4, 0.5) is 0 Å². The summed E-state index contributed by atoms with van der Waals surface area (Å²) >= 11 is 0. The second-order valence-corrected chi connectivity index (χ2v) is 8.40. The number of carbonyl (C=O) groups is 1. The highest BCUT2D eigenvalue weighted by Gasteiger charge is 2.28. The molecule has 174 valence electrons. The zero-order chi connectivity index (χ0) is 22.9. The van der Waals surface area contributed by atoms with Crippen molar-refractivity contribution in [2.45, 2.75) is 32.4 Å². The van der Waals surface area contributed by atoms with Crippen LogP contribution in [0, 0.1) is 11.8 Å². The second-order valence-electron chi connectivity index (χ2n) is 8.40. The number of aromatic nitrogens is 1. The number of piperidine rings is 1. The molecule has 0 radical (unpaired) electrons. The molecule has 0 spiro atoms. The average Bonchev–Trinajstić information content (AvgIpc) is 3.31. The lowest BCUT2D eigenvalue weighted by Crippen LogP contribution is -2.40. The summed E-state index contributed by atoms with van der Waals surface area (Å²) in [5.41, 5.74) is 1.87. The second kappa shape index (κ2) is 11.5. The van der Waals surface area contributed by atoms with Crippen LogP contribution in [-0.4, -0.2) is 31.3 Å². The summed E-state index contributed by atoms with van der Waals surface area (Å²) in [4.78, 5) is 12.7. The van der Waals surface area contributed by atoms with Crippen LogP contribution in [0.15, 0.2) is 65.2 Å². The van der Waals surface area contributed by atoms with Gasteiger partial charge in [-0.25, -0.2) is 0 Å². The van der Waals surface area contributed by atoms with Crippen LogP contribution in [0.5, 0.6) is 11.5 Å². The molecule has 3 aromatic rings. The van der Waals surface area contributed by atoms with Crippen LogP contribution in [-0.2, 0) is 24.4 Å². The van der Waals surface area contributed by atoms with E-state index in [0.717, 1.165) is 48.7 Å². The number of hydrogen-bond donors (Lipinski definition) is 2. The number of benzene rings is 2. The Labute approximate surface area is 194 Å². The van der Waals surface area contributed by atoms with Gasteiger partial charge in [0.05, 0.1) is 12.8 Å². The molecule has 33 heavy (non-hydrogen) atoms. The number of amides is 1. The van der Waals surface area contributed by atoms with Gasteiger partial charge in [0, 0.05) is 24.6 Å². The molecule has 0 saturated carbocycles. The molecule has 1 amide bonds. The lowest BCUT2D eigenvalue weighted by Gasteiger charge is -2.31. The molecule has 7 heteroatoms. The molecule has 1 fully saturated rings. The third-order valence-electron chi connectivity index (χ3n) is 6.08. The van der Waals surface area contributed by atoms with Crippen molar-refractivity contribution in [2.75, 3.05) is 20.2 Å². The Bertz CT molecular complexity index is 1020. The predicted molar refractivity (Wildman–Crippen MR) is 125 cm³/mol. The number of ether oxygens (including phenoxy) is 2. The molecule has 7 nitrogen and oxygen atoms in total. The Morgan fingerprint density at radius 3 is 2.82 bits per heavy atom. The first-order chi connectivity index (χ1) is 16.2. The summed E-state index contributed by atoms with van der Waals surface area (Å²) in [7, 11) is 1.64. The van der Waals surface area contributed by atoms with Crippen molar-refractivity contribution in [3.05, 3.63) is 77.7 Å². The van der Waals surface area contributed by atoms with Crippen molar-refractivity contribution >= 4 is 5.91 Å². The highest BCUT2D eigenvalue weighted by Crippen LogP contribution is 2.27. The lowest BCUT2D eigenvalue weighted by atomic mass is 9.81. The van der Waals surface area contributed by atoms with Crippen LogP contribution in [0.25, 0.3) is 0 Å². The van der Waals surface area contributed by atoms with Crippen LogP contribution in [0.1, 0.15) is 29.9 Å². The van der Waals surface area contributed by atoms with Gasteiger partial charge in [-0.1, -0.05) is 41.6 Å². The van der Waals surface area contributed by atoms with E-state index in [1.54, 1.807) is 7.11 Å². The number of para-hydroxylation sites is 2. The molecular formula is C26H31N3O4. The number of rotatable bonds is 10. The van der Waals surface area contributed by atoms with E-state index in [0.29, 0.717) is 37.2 Å². The summed E-state index contributed by atoms with van der Waals surface area (Å²) in [6.45, 7) is 2.60. The average molecular weight is 450 g/mol. The van der Waals surface area contributed by atoms with E-state index in [-0.39, 0.29) is 5.91 Å². The van der Waals surface area contributed by atoms with E-state index in [1.807, 2.05) is 60.7 Å². The number of methoxy groups -OCH3 is 1. The number of nitrogens with zero attached hydrogens (tertiary/aromatic N) is 1. The molecule has 1 aliphatic heterocycles. The molecule has 2 atom stereocenters. The number of hydrogen-bond acceptors (Lipinski definition) is 6. The maximum absolute atomic E-state index is 12.7. The molecule has 4 rings (SSSR count). The molecule has 0 bridgehead atoms. The monoisotopic (exact) mass is 449 g/mol. The largest absolute Gasteiger partial charge is 0.496 e. The number of nitrogens with one attached hydrogen (secondary N) is 2. The summed E-state index contributed by atoms with van der Waals surface area (Å²) in [5, 5.41) is 10.7. The van der Waals surface area contributed by atoms with Crippen molar-refractivity contribution in [2.24, 2.45) is 11.8 Å². The molecular weight excluding hydrogens is 418 g/mol. The van der Waals surface area contributed by atoms with Crippen molar-refractivity contribution in [1.82, 2.24) is 15.8 Å². The molecule has 0 aliphatic carbocycles. The highest BCUT2D eigenvalue weighted by molar-refractivity contribution is 5.76. The third-order valence-corrected chi connectivity index (χ3v) is 6.08. The van der Waals surface area contributed by atoms with E-state index in [1.165, 1.54) is 0 Å². The molecule has 2 heterocycles. The van der Waals surface area contributed by atoms with Crippen LogP contribution in [0.3, 0.4) is 0 Å². The normalized spacial score (nSPS) is 18.0. The minimum absolute atomic E-state index is 0.0647. The van der Waals surface area contributed by atoms with Gasteiger partial charge in [0.25, 0.3) is 0 Å². The van der Waals surface area contributed by atoms with Crippen molar-refractivity contribution < 1.29 is 18.8 Å². The first kappa shape index (κ1) is 22.9. The van der Waals surface area contributed by atoms with Crippen molar-refractivity contribution in [3.63, 3.8) is 0 Å². The first-order valence-corrected chi connectivity index (χ1v) is 11.4. The summed E-state index contributed by atoms with van der Waals surface area (Å²) < 4.78 is 16.6. The Hall–Kier alpha value is -3.32. The van der Waals surface area contributed by atoms with Gasteiger partial charge in [0.2, 0.25) is 5.91 Å². The van der Waals surface area contributed by atoms with E-state index < -0.39 is 0 Å². The Kier molecular flexibility index (Phi) is 7.98. The first-order valence-electron chi connectivity index (χ1n) is 11.4. The minimum Gasteiger partial charge on any atom is -0.496 e. The fraction of sp³-hybridized carbons (Fsp3) is 0.385. The van der Waals surface area contributed by atoms with E-state index in [4.69, 9.17) is 14.0 Å². The topological polar surface area (TPSA) is 85.6 Å². The van der Waals surface area contributed by atoms with E-state index in [9.17, 15) is 4.79 Å². The van der Waals surface area contributed by atoms with Gasteiger partial charge in [-0.3, -0.25) is 4.79 Å². The summed E-state index contributed by atoms with van der Waals surface area (Å²) in [6, 6.07) is 19.3. The van der Waals surface area contributed by atoms with E-state index in [2.05, 4.69) is 15.8 Å². The third kappa shape index (κ3) is 6.58. The smallest absolute Gasteiger partial charge is 0.220 e. The predicted octanol–water partition coefficient (Wildman–Crippen LogP) is 3.74. The number of carbonyl (C=O) groups excluding carboxylic acids is 1. The van der Waals surface area contributed by atoms with Gasteiger partial charge < -0.3 is 24.6 Å². The van der Waals surface area contributed by atoms with Gasteiger partial charge >= 0.3 is 0 Å². The fourth-order valence-corrected chi connectivity index (χ4v) is 4.30. The standard InChI is InChI=1S/C26H31N3O4/c1-31-25-10-6-5-7-20(25)17-28-26(30)14-19-11-12-27-16-21(19)13-22-15-24(33-29-22)18-32-23-8-3-2-4-9-23/h2-10,15,19,21,27H,11-14,16-18H2,1H3,(H,28,30)/t19-,21-/m0/s1. The SMILES string of the molecule is COc1ccccc1CNC(=O)C[C@@H]1CCNC[C@@H]1Cc1cc(COc2ccccc2)on1. The molecule has 0 unspecified atom stereocenters. The highest BCUT2D eigenvalue weighted by atomic mass is 16.5. The zero-order valence-corrected chi connectivity index (χ0v) is 19.0. The van der Waals surface area contributed by atoms with Gasteiger partial charge in [-0.05, 0) is 56.0 Å². The quantitative estimate of drug-likeness (QED) is 0.491.